The third-order valence-electron chi connectivity index (χ3n) is 2.29. The van der Waals surface area contributed by atoms with Gasteiger partial charge in [-0.15, -0.1) is 12.4 Å². The zero-order valence-electron chi connectivity index (χ0n) is 9.45. The molecule has 1 saturated heterocycles. The predicted octanol–water partition coefficient (Wildman–Crippen LogP) is 1.97. The average molecular weight is 239 g/mol. The van der Waals surface area contributed by atoms with Crippen LogP contribution in [-0.2, 0) is 0 Å². The number of nitrogens with zero attached hydrogens (tertiary/aromatic N) is 1. The zero-order chi connectivity index (χ0) is 9.90. The molecule has 1 aliphatic rings. The van der Waals surface area contributed by atoms with Crippen LogP contribution in [0.15, 0.2) is 0 Å². The molecule has 1 heterocycles. The maximum Gasteiger partial charge on any atom is 0.0226 e. The SMILES string of the molecule is CC1CCN(CC(C)(C)N)CCS1.Cl. The molecule has 1 aliphatic heterocycles. The fourth-order valence-electron chi connectivity index (χ4n) is 1.68. The number of thioether (sulfide) groups is 1. The van der Waals surface area contributed by atoms with Gasteiger partial charge in [0.2, 0.25) is 0 Å². The number of nitrogens with two attached hydrogens (primary N) is 1. The van der Waals surface area contributed by atoms with E-state index in [4.69, 9.17) is 5.73 Å². The minimum Gasteiger partial charge on any atom is -0.324 e. The molecule has 0 aromatic rings. The molecule has 0 aromatic heterocycles. The standard InChI is InChI=1S/C10H22N2S.ClH/c1-9-4-5-12(6-7-13-9)8-10(2,3)11;/h9H,4-8,11H2,1-3H3;1H. The highest BCUT2D eigenvalue weighted by Crippen LogP contribution is 2.19. The van der Waals surface area contributed by atoms with Crippen LogP contribution in [0.2, 0.25) is 0 Å². The van der Waals surface area contributed by atoms with Crippen molar-refractivity contribution in [3.63, 3.8) is 0 Å². The maximum atomic E-state index is 6.00. The first-order valence-electron chi connectivity index (χ1n) is 5.10. The second kappa shape index (κ2) is 6.21. The maximum absolute atomic E-state index is 6.00. The Morgan fingerprint density at radius 2 is 2.07 bits per heavy atom. The molecule has 14 heavy (non-hydrogen) atoms. The Hall–Kier alpha value is 0.560. The zero-order valence-corrected chi connectivity index (χ0v) is 11.1. The predicted molar refractivity (Wildman–Crippen MR) is 68.5 cm³/mol. The van der Waals surface area contributed by atoms with E-state index < -0.39 is 0 Å². The van der Waals surface area contributed by atoms with Crippen LogP contribution in [0.25, 0.3) is 0 Å². The lowest BCUT2D eigenvalue weighted by Gasteiger charge is -2.28. The van der Waals surface area contributed by atoms with Gasteiger partial charge in [0.25, 0.3) is 0 Å². The molecule has 0 aromatic carbocycles. The highest BCUT2D eigenvalue weighted by atomic mass is 35.5. The van der Waals surface area contributed by atoms with E-state index >= 15 is 0 Å². The van der Waals surface area contributed by atoms with Crippen LogP contribution in [0.4, 0.5) is 0 Å². The summed E-state index contributed by atoms with van der Waals surface area (Å²) in [6.07, 6.45) is 1.31. The van der Waals surface area contributed by atoms with Crippen molar-refractivity contribution in [1.82, 2.24) is 4.90 Å². The Morgan fingerprint density at radius 1 is 1.43 bits per heavy atom. The van der Waals surface area contributed by atoms with Gasteiger partial charge in [0, 0.05) is 29.6 Å². The molecule has 0 saturated carbocycles. The van der Waals surface area contributed by atoms with Crippen LogP contribution in [0, 0.1) is 0 Å². The number of hydrogen-bond acceptors (Lipinski definition) is 3. The van der Waals surface area contributed by atoms with Crippen LogP contribution in [0.1, 0.15) is 27.2 Å². The summed E-state index contributed by atoms with van der Waals surface area (Å²) in [7, 11) is 0. The topological polar surface area (TPSA) is 29.3 Å². The monoisotopic (exact) mass is 238 g/mol. The Labute approximate surface area is 98.4 Å². The highest BCUT2D eigenvalue weighted by molar-refractivity contribution is 7.99. The summed E-state index contributed by atoms with van der Waals surface area (Å²) in [5.74, 6) is 1.26. The van der Waals surface area contributed by atoms with Crippen molar-refractivity contribution in [2.75, 3.05) is 25.4 Å². The van der Waals surface area contributed by atoms with Gasteiger partial charge >= 0.3 is 0 Å². The second-order valence-electron chi connectivity index (χ2n) is 4.73. The van der Waals surface area contributed by atoms with E-state index in [1.54, 1.807) is 0 Å². The van der Waals surface area contributed by atoms with Crippen LogP contribution in [0.3, 0.4) is 0 Å². The molecular formula is C10H23ClN2S. The van der Waals surface area contributed by atoms with E-state index in [2.05, 4.69) is 37.4 Å². The van der Waals surface area contributed by atoms with Gasteiger partial charge in [-0.25, -0.2) is 0 Å². The van der Waals surface area contributed by atoms with E-state index in [0.29, 0.717) is 0 Å². The summed E-state index contributed by atoms with van der Waals surface area (Å²) < 4.78 is 0. The first-order chi connectivity index (χ1) is 5.97. The lowest BCUT2D eigenvalue weighted by Crippen LogP contribution is -2.46. The highest BCUT2D eigenvalue weighted by Gasteiger charge is 2.19. The molecular weight excluding hydrogens is 216 g/mol. The molecule has 4 heteroatoms. The number of hydrogen-bond donors (Lipinski definition) is 1. The van der Waals surface area contributed by atoms with Crippen LogP contribution in [0.5, 0.6) is 0 Å². The first-order valence-corrected chi connectivity index (χ1v) is 6.15. The molecule has 0 radical (unpaired) electrons. The molecule has 1 fully saturated rings. The van der Waals surface area contributed by atoms with E-state index in [0.717, 1.165) is 11.8 Å². The van der Waals surface area contributed by atoms with Gasteiger partial charge < -0.3 is 10.6 Å². The molecule has 86 valence electrons. The third kappa shape index (κ3) is 6.12. The largest absolute Gasteiger partial charge is 0.324 e. The van der Waals surface area contributed by atoms with Crippen LogP contribution < -0.4 is 5.73 Å². The molecule has 0 spiro atoms. The van der Waals surface area contributed by atoms with E-state index in [1.807, 2.05) is 0 Å². The minimum atomic E-state index is -0.0434. The quantitative estimate of drug-likeness (QED) is 0.798. The summed E-state index contributed by atoms with van der Waals surface area (Å²) in [4.78, 5) is 2.50. The van der Waals surface area contributed by atoms with Gasteiger partial charge in [-0.1, -0.05) is 6.92 Å². The van der Waals surface area contributed by atoms with Gasteiger partial charge in [-0.2, -0.15) is 11.8 Å². The summed E-state index contributed by atoms with van der Waals surface area (Å²) in [5, 5.41) is 0.825. The Balaban J connectivity index is 0.00000169. The summed E-state index contributed by atoms with van der Waals surface area (Å²) >= 11 is 2.09. The molecule has 0 aliphatic carbocycles. The van der Waals surface area contributed by atoms with Crippen LogP contribution >= 0.6 is 24.2 Å². The van der Waals surface area contributed by atoms with Gasteiger partial charge in [0.05, 0.1) is 0 Å². The average Bonchev–Trinajstić information content (AvgIpc) is 2.12. The van der Waals surface area contributed by atoms with Crippen molar-refractivity contribution in [3.8, 4) is 0 Å². The normalized spacial score (nSPS) is 25.3. The molecule has 1 rings (SSSR count). The molecule has 1 atom stereocenters. The summed E-state index contributed by atoms with van der Waals surface area (Å²) in [5.41, 5.74) is 5.96. The van der Waals surface area contributed by atoms with Crippen molar-refractivity contribution in [1.29, 1.82) is 0 Å². The van der Waals surface area contributed by atoms with E-state index in [1.165, 1.54) is 25.3 Å². The minimum absolute atomic E-state index is 0. The summed E-state index contributed by atoms with van der Waals surface area (Å²) in [6.45, 7) is 9.98. The summed E-state index contributed by atoms with van der Waals surface area (Å²) in [6, 6.07) is 0. The Bertz CT molecular complexity index is 159. The fraction of sp³-hybridized carbons (Fsp3) is 1.00. The number of rotatable bonds is 2. The van der Waals surface area contributed by atoms with Gasteiger partial charge in [0.15, 0.2) is 0 Å². The van der Waals surface area contributed by atoms with Crippen molar-refractivity contribution in [2.45, 2.75) is 38.0 Å². The fourth-order valence-corrected chi connectivity index (χ4v) is 2.71. The molecule has 0 bridgehead atoms. The third-order valence-corrected chi connectivity index (χ3v) is 3.52. The van der Waals surface area contributed by atoms with Gasteiger partial charge in [0.1, 0.15) is 0 Å². The van der Waals surface area contributed by atoms with E-state index in [9.17, 15) is 0 Å². The lowest BCUT2D eigenvalue weighted by molar-refractivity contribution is 0.239. The van der Waals surface area contributed by atoms with Crippen molar-refractivity contribution < 1.29 is 0 Å². The van der Waals surface area contributed by atoms with Crippen molar-refractivity contribution in [2.24, 2.45) is 5.73 Å². The number of halogens is 1. The smallest absolute Gasteiger partial charge is 0.0226 e. The molecule has 1 unspecified atom stereocenters. The Morgan fingerprint density at radius 3 is 2.64 bits per heavy atom. The Kier molecular flexibility index (Phi) is 6.46. The van der Waals surface area contributed by atoms with Gasteiger partial charge in [-0.3, -0.25) is 0 Å². The van der Waals surface area contributed by atoms with Crippen molar-refractivity contribution in [3.05, 3.63) is 0 Å². The van der Waals surface area contributed by atoms with Crippen LogP contribution in [-0.4, -0.2) is 41.1 Å². The van der Waals surface area contributed by atoms with Crippen molar-refractivity contribution >= 4 is 24.2 Å². The molecule has 2 nitrogen and oxygen atoms in total. The van der Waals surface area contributed by atoms with Gasteiger partial charge in [-0.05, 0) is 26.8 Å². The lowest BCUT2D eigenvalue weighted by atomic mass is 10.1. The second-order valence-corrected chi connectivity index (χ2v) is 6.28. The van der Waals surface area contributed by atoms with E-state index in [-0.39, 0.29) is 17.9 Å². The molecule has 0 amide bonds. The molecule has 2 N–H and O–H groups in total. The first kappa shape index (κ1) is 14.6.